The standard InChI is InChI=1S/C12H18S2/c13-9-1-3-11-5-7-12(8-6-11)4-2-10-14/h5-8,13-14H,1-4,9-10H2. The third kappa shape index (κ3) is 4.43. The molecule has 1 aromatic carbocycles. The second-order valence-corrected chi connectivity index (χ2v) is 4.37. The van der Waals surface area contributed by atoms with E-state index in [0.29, 0.717) is 0 Å². The number of thiol groups is 2. The summed E-state index contributed by atoms with van der Waals surface area (Å²) in [5.74, 6) is 1.95. The molecule has 0 fully saturated rings. The van der Waals surface area contributed by atoms with Gasteiger partial charge in [-0.25, -0.2) is 0 Å². The fraction of sp³-hybridized carbons (Fsp3) is 0.500. The Bertz CT molecular complexity index is 214. The minimum atomic E-state index is 0.974. The summed E-state index contributed by atoms with van der Waals surface area (Å²) >= 11 is 8.42. The zero-order chi connectivity index (χ0) is 10.2. The molecule has 0 atom stereocenters. The van der Waals surface area contributed by atoms with E-state index in [1.165, 1.54) is 24.0 Å². The molecule has 0 unspecified atom stereocenters. The Balaban J connectivity index is 2.42. The molecule has 0 spiro atoms. The summed E-state index contributed by atoms with van der Waals surface area (Å²) in [6, 6.07) is 8.93. The van der Waals surface area contributed by atoms with Crippen LogP contribution in [0.1, 0.15) is 24.0 Å². The Labute approximate surface area is 97.9 Å². The van der Waals surface area contributed by atoms with Gasteiger partial charge in [-0.3, -0.25) is 0 Å². The van der Waals surface area contributed by atoms with Crippen molar-refractivity contribution in [2.75, 3.05) is 11.5 Å². The van der Waals surface area contributed by atoms with E-state index >= 15 is 0 Å². The maximum atomic E-state index is 4.21. The van der Waals surface area contributed by atoms with E-state index in [1.54, 1.807) is 0 Å². The molecule has 0 N–H and O–H groups in total. The van der Waals surface area contributed by atoms with Crippen molar-refractivity contribution in [3.05, 3.63) is 35.4 Å². The van der Waals surface area contributed by atoms with Crippen molar-refractivity contribution in [3.8, 4) is 0 Å². The zero-order valence-electron chi connectivity index (χ0n) is 8.45. The molecule has 0 heterocycles. The van der Waals surface area contributed by atoms with Crippen molar-refractivity contribution in [2.24, 2.45) is 0 Å². The molecule has 0 radical (unpaired) electrons. The molecule has 0 aliphatic heterocycles. The molecule has 1 aromatic rings. The Morgan fingerprint density at radius 3 is 1.36 bits per heavy atom. The number of hydrogen-bond acceptors (Lipinski definition) is 2. The zero-order valence-corrected chi connectivity index (χ0v) is 10.2. The van der Waals surface area contributed by atoms with Crippen LogP contribution in [-0.4, -0.2) is 11.5 Å². The number of rotatable bonds is 6. The number of aryl methyl sites for hydroxylation is 2. The van der Waals surface area contributed by atoms with Crippen LogP contribution in [0.4, 0.5) is 0 Å². The van der Waals surface area contributed by atoms with Crippen molar-refractivity contribution < 1.29 is 0 Å². The van der Waals surface area contributed by atoms with Crippen LogP contribution >= 0.6 is 25.3 Å². The highest BCUT2D eigenvalue weighted by Crippen LogP contribution is 2.09. The van der Waals surface area contributed by atoms with E-state index in [9.17, 15) is 0 Å². The molecule has 0 aromatic heterocycles. The Kier molecular flexibility index (Phi) is 6.20. The van der Waals surface area contributed by atoms with Crippen LogP contribution in [-0.2, 0) is 12.8 Å². The van der Waals surface area contributed by atoms with Gasteiger partial charge in [0, 0.05) is 0 Å². The van der Waals surface area contributed by atoms with E-state index < -0.39 is 0 Å². The first-order valence-electron chi connectivity index (χ1n) is 5.16. The lowest BCUT2D eigenvalue weighted by atomic mass is 10.1. The van der Waals surface area contributed by atoms with Crippen LogP contribution in [0, 0.1) is 0 Å². The lowest BCUT2D eigenvalue weighted by Crippen LogP contribution is -1.89. The highest BCUT2D eigenvalue weighted by molar-refractivity contribution is 7.80. The summed E-state index contributed by atoms with van der Waals surface area (Å²) in [6.07, 6.45) is 4.63. The van der Waals surface area contributed by atoms with Gasteiger partial charge < -0.3 is 0 Å². The predicted octanol–water partition coefficient (Wildman–Crippen LogP) is 3.41. The monoisotopic (exact) mass is 226 g/mol. The summed E-state index contributed by atoms with van der Waals surface area (Å²) in [4.78, 5) is 0. The minimum Gasteiger partial charge on any atom is -0.179 e. The average molecular weight is 226 g/mol. The maximum Gasteiger partial charge on any atom is -0.00947 e. The van der Waals surface area contributed by atoms with Crippen molar-refractivity contribution in [1.29, 1.82) is 0 Å². The summed E-state index contributed by atoms with van der Waals surface area (Å²) in [6.45, 7) is 0. The Hall–Kier alpha value is -0.0800. The van der Waals surface area contributed by atoms with Gasteiger partial charge in [-0.2, -0.15) is 25.3 Å². The molecule has 0 aliphatic carbocycles. The van der Waals surface area contributed by atoms with Gasteiger partial charge in [0.1, 0.15) is 0 Å². The first kappa shape index (κ1) is 12.0. The van der Waals surface area contributed by atoms with Gasteiger partial charge in [0.05, 0.1) is 0 Å². The molecule has 0 saturated heterocycles. The third-order valence-corrected chi connectivity index (χ3v) is 2.90. The van der Waals surface area contributed by atoms with Crippen LogP contribution in [0.25, 0.3) is 0 Å². The van der Waals surface area contributed by atoms with Crippen LogP contribution in [0.5, 0.6) is 0 Å². The summed E-state index contributed by atoms with van der Waals surface area (Å²) in [5.41, 5.74) is 2.85. The molecule has 0 nitrogen and oxygen atoms in total. The van der Waals surface area contributed by atoms with Gasteiger partial charge in [0.2, 0.25) is 0 Å². The van der Waals surface area contributed by atoms with Crippen LogP contribution < -0.4 is 0 Å². The van der Waals surface area contributed by atoms with Crippen molar-refractivity contribution in [2.45, 2.75) is 25.7 Å². The van der Waals surface area contributed by atoms with Crippen molar-refractivity contribution >= 4 is 25.3 Å². The molecule has 78 valence electrons. The SMILES string of the molecule is SCCCc1ccc(CCCS)cc1. The first-order valence-corrected chi connectivity index (χ1v) is 6.43. The van der Waals surface area contributed by atoms with Gasteiger partial charge in [0.15, 0.2) is 0 Å². The van der Waals surface area contributed by atoms with Gasteiger partial charge in [-0.1, -0.05) is 24.3 Å². The molecule has 0 amide bonds. The largest absolute Gasteiger partial charge is 0.179 e. The molecule has 2 heteroatoms. The van der Waals surface area contributed by atoms with E-state index in [4.69, 9.17) is 0 Å². The first-order chi connectivity index (χ1) is 6.86. The normalized spacial score (nSPS) is 10.4. The van der Waals surface area contributed by atoms with Crippen molar-refractivity contribution in [1.82, 2.24) is 0 Å². The maximum absolute atomic E-state index is 4.21. The van der Waals surface area contributed by atoms with Crippen LogP contribution in [0.3, 0.4) is 0 Å². The van der Waals surface area contributed by atoms with E-state index in [-0.39, 0.29) is 0 Å². The second kappa shape index (κ2) is 7.24. The number of benzene rings is 1. The van der Waals surface area contributed by atoms with Crippen LogP contribution in [0.15, 0.2) is 24.3 Å². The van der Waals surface area contributed by atoms with Gasteiger partial charge >= 0.3 is 0 Å². The predicted molar refractivity (Wildman–Crippen MR) is 70.8 cm³/mol. The lowest BCUT2D eigenvalue weighted by molar-refractivity contribution is 0.917. The summed E-state index contributed by atoms with van der Waals surface area (Å²) in [7, 11) is 0. The molecule has 0 bridgehead atoms. The Morgan fingerprint density at radius 1 is 0.714 bits per heavy atom. The van der Waals surface area contributed by atoms with Gasteiger partial charge in [-0.15, -0.1) is 0 Å². The molecule has 0 aliphatic rings. The van der Waals surface area contributed by atoms with E-state index in [2.05, 4.69) is 49.5 Å². The smallest absolute Gasteiger partial charge is 0.00947 e. The van der Waals surface area contributed by atoms with E-state index in [0.717, 1.165) is 24.3 Å². The fourth-order valence-corrected chi connectivity index (χ4v) is 1.76. The third-order valence-electron chi connectivity index (χ3n) is 2.27. The summed E-state index contributed by atoms with van der Waals surface area (Å²) < 4.78 is 0. The fourth-order valence-electron chi connectivity index (χ4n) is 1.44. The highest BCUT2D eigenvalue weighted by atomic mass is 32.1. The topological polar surface area (TPSA) is 0 Å². The number of hydrogen-bond donors (Lipinski definition) is 2. The molecule has 14 heavy (non-hydrogen) atoms. The Morgan fingerprint density at radius 2 is 1.07 bits per heavy atom. The lowest BCUT2D eigenvalue weighted by Gasteiger charge is -2.02. The molecule has 1 rings (SSSR count). The highest BCUT2D eigenvalue weighted by Gasteiger charge is 1.94. The minimum absolute atomic E-state index is 0.974. The van der Waals surface area contributed by atoms with Gasteiger partial charge in [-0.05, 0) is 48.3 Å². The second-order valence-electron chi connectivity index (χ2n) is 3.47. The molecule has 0 saturated carbocycles. The molecular formula is C12H18S2. The average Bonchev–Trinajstić information content (AvgIpc) is 2.25. The quantitative estimate of drug-likeness (QED) is 0.682. The van der Waals surface area contributed by atoms with E-state index in [1.807, 2.05) is 0 Å². The van der Waals surface area contributed by atoms with Crippen molar-refractivity contribution in [3.63, 3.8) is 0 Å². The summed E-state index contributed by atoms with van der Waals surface area (Å²) in [5, 5.41) is 0. The molecular weight excluding hydrogens is 208 g/mol. The van der Waals surface area contributed by atoms with Crippen LogP contribution in [0.2, 0.25) is 0 Å². The van der Waals surface area contributed by atoms with Gasteiger partial charge in [0.25, 0.3) is 0 Å².